The molecule has 0 aliphatic heterocycles. The van der Waals surface area contributed by atoms with Crippen molar-refractivity contribution in [1.29, 1.82) is 0 Å². The summed E-state index contributed by atoms with van der Waals surface area (Å²) < 4.78 is 13.8. The van der Waals surface area contributed by atoms with Crippen LogP contribution in [0.1, 0.15) is 0 Å². The number of thiophene rings is 1. The molecule has 0 unspecified atom stereocenters. The second kappa shape index (κ2) is 34.7. The first-order chi connectivity index (χ1) is 71.4. The predicted octanol–water partition coefficient (Wildman–Crippen LogP) is 39.4. The predicted molar refractivity (Wildman–Crippen MR) is 614 cm³/mol. The summed E-state index contributed by atoms with van der Waals surface area (Å²) in [6.45, 7) is 0. The summed E-state index contributed by atoms with van der Waals surface area (Å²) in [4.78, 5) is 4.74. The van der Waals surface area contributed by atoms with Crippen LogP contribution in [-0.4, -0.2) is 9.13 Å². The number of benzene rings is 25. The Morgan fingerprint density at radius 2 is 0.458 bits per heavy atom. The van der Waals surface area contributed by atoms with Crippen LogP contribution < -0.4 is 9.80 Å². The van der Waals surface area contributed by atoms with E-state index in [1.54, 1.807) is 0 Å². The highest BCUT2D eigenvalue weighted by molar-refractivity contribution is 7.26. The number of rotatable bonds is 15. The molecule has 6 heteroatoms. The lowest BCUT2D eigenvalue weighted by Gasteiger charge is -2.26. The first-order valence-corrected chi connectivity index (χ1v) is 50.2. The van der Waals surface area contributed by atoms with Crippen LogP contribution in [0.25, 0.3) is 240 Å². The van der Waals surface area contributed by atoms with E-state index in [1.807, 2.05) is 23.5 Å². The number of fused-ring (bicyclic) bond motifs is 24. The van der Waals surface area contributed by atoms with Gasteiger partial charge >= 0.3 is 0 Å². The minimum absolute atomic E-state index is 0.904. The summed E-state index contributed by atoms with van der Waals surface area (Å²) in [6, 6.07) is 195. The zero-order valence-electron chi connectivity index (χ0n) is 78.4. The summed E-state index contributed by atoms with van der Waals surface area (Å²) in [5, 5.41) is 25.2. The number of nitrogens with zero attached hydrogens (tertiary/aromatic N) is 4. The molecule has 0 amide bonds. The van der Waals surface area contributed by atoms with E-state index in [0.717, 1.165) is 78.4 Å². The quantitative estimate of drug-likeness (QED) is 0.0958. The number of aromatic nitrogens is 2. The molecule has 0 fully saturated rings. The molecule has 0 spiro atoms. The molecule has 0 aliphatic rings. The summed E-state index contributed by atoms with van der Waals surface area (Å²) in [5.74, 6) is 0. The van der Waals surface area contributed by atoms with Crippen molar-refractivity contribution >= 4 is 196 Å². The van der Waals surface area contributed by atoms with E-state index >= 15 is 0 Å². The van der Waals surface area contributed by atoms with Gasteiger partial charge in [-0.1, -0.05) is 376 Å². The van der Waals surface area contributed by atoms with E-state index in [1.165, 1.54) is 195 Å². The van der Waals surface area contributed by atoms with Gasteiger partial charge in [0.2, 0.25) is 0 Å². The second-order valence-corrected chi connectivity index (χ2v) is 38.7. The van der Waals surface area contributed by atoms with Gasteiger partial charge in [-0.2, -0.15) is 0 Å². The normalized spacial score (nSPS) is 11.8. The molecule has 4 heterocycles. The average molecular weight is 1850 g/mol. The Morgan fingerprint density at radius 3 is 0.924 bits per heavy atom. The average Bonchev–Trinajstić information content (AvgIpc) is 1.59. The van der Waals surface area contributed by atoms with Gasteiger partial charge in [-0.25, -0.2) is 0 Å². The molecule has 0 aliphatic carbocycles. The highest BCUT2D eigenvalue weighted by Gasteiger charge is 2.25. The third-order valence-electron chi connectivity index (χ3n) is 29.6. The van der Waals surface area contributed by atoms with Gasteiger partial charge in [-0.3, -0.25) is 0 Å². The van der Waals surface area contributed by atoms with Crippen LogP contribution in [0.5, 0.6) is 0 Å². The van der Waals surface area contributed by atoms with Crippen LogP contribution in [0.2, 0.25) is 0 Å². The largest absolute Gasteiger partial charge is 0.455 e. The maximum atomic E-state index is 6.43. The number of furan rings is 1. The van der Waals surface area contributed by atoms with E-state index in [2.05, 4.69) is 541 Å². The minimum atomic E-state index is 0.904. The second-order valence-electron chi connectivity index (χ2n) is 37.6. The lowest BCUT2D eigenvalue weighted by molar-refractivity contribution is 0.670. The standard InChI is InChI=1S/C72H46N2O.C66H42N2S/c1-3-14-47(15-4-1)52-33-42-69-67(45-52)68-46-53(34-43-70(68)74(69)57-37-28-48(29-38-57)51-32-41-63-61-20-8-7-18-59(61)60-19-9-10-21-62(60)66(63)44-51)49-26-35-55(36-27-49)73(54-16-5-2-6-17-54)56-39-30-50(31-40-56)58-23-13-24-65-64-22-11-12-25-71(64)75-72(58)65;1-2-13-43(14-3-1)44-25-33-49(34-26-44)67(64-23-12-21-59-58-20-9-11-24-65(58)69-66(59)64)50-35-27-46(28-36-50)48-32-40-63-61(42-48)57-19-8-10-22-62(57)68(63)51-37-29-45(30-38-51)47-31-39-56-54-17-5-4-15-52(54)53-16-6-7-18-55(53)60(56)41-47/h1-46H;1-42H. The van der Waals surface area contributed by atoms with Crippen molar-refractivity contribution in [2.24, 2.45) is 0 Å². The van der Waals surface area contributed by atoms with Crippen LogP contribution in [0.3, 0.4) is 0 Å². The Morgan fingerprint density at radius 1 is 0.167 bits per heavy atom. The first-order valence-electron chi connectivity index (χ1n) is 49.4. The fraction of sp³-hybridized carbons (Fsp3) is 0. The van der Waals surface area contributed by atoms with Crippen LogP contribution in [0.15, 0.2) is 538 Å². The minimum Gasteiger partial charge on any atom is -0.455 e. The van der Waals surface area contributed by atoms with E-state index in [9.17, 15) is 0 Å². The van der Waals surface area contributed by atoms with Crippen molar-refractivity contribution in [3.63, 3.8) is 0 Å². The van der Waals surface area contributed by atoms with Crippen molar-refractivity contribution in [2.75, 3.05) is 9.80 Å². The third-order valence-corrected chi connectivity index (χ3v) is 30.8. The maximum Gasteiger partial charge on any atom is 0.143 e. The Bertz CT molecular complexity index is 10000. The molecule has 0 atom stereocenters. The van der Waals surface area contributed by atoms with Crippen LogP contribution >= 0.6 is 11.3 Å². The SMILES string of the molecule is c1ccc(-c2ccc(N(c3ccc(-c4ccc5c(c4)c4ccccc4n5-c4ccc(-c5ccc6c7ccccc7c7ccccc7c6c5)cc4)cc3)c3cccc4c3sc3ccccc34)cc2)cc1.c1ccc(-c2ccc3c(c2)c2cc(-c4ccc(N(c5ccccc5)c5ccc(-c6cccc7c6oc6ccccc67)cc5)cc4)ccc2n3-c2ccc(-c3ccc4c5ccccc5c5ccccc5c4c3)cc2)cc1. The van der Waals surface area contributed by atoms with Crippen molar-refractivity contribution in [3.05, 3.63) is 534 Å². The van der Waals surface area contributed by atoms with Crippen LogP contribution in [-0.2, 0) is 0 Å². The van der Waals surface area contributed by atoms with Gasteiger partial charge in [0.1, 0.15) is 11.2 Å². The molecule has 4 aromatic heterocycles. The lowest BCUT2D eigenvalue weighted by atomic mass is 9.92. The molecule has 5 nitrogen and oxygen atoms in total. The monoisotopic (exact) mass is 1850 g/mol. The van der Waals surface area contributed by atoms with Crippen molar-refractivity contribution in [1.82, 2.24) is 9.13 Å². The Labute approximate surface area is 836 Å². The Hall–Kier alpha value is -18.7. The highest BCUT2D eigenvalue weighted by Crippen LogP contribution is 2.50. The zero-order valence-corrected chi connectivity index (χ0v) is 79.2. The first kappa shape index (κ1) is 83.4. The zero-order chi connectivity index (χ0) is 94.8. The molecule has 0 bridgehead atoms. The number of anilines is 6. The summed E-state index contributed by atoms with van der Waals surface area (Å²) in [5.41, 5.74) is 32.0. The molecule has 25 aromatic carbocycles. The van der Waals surface area contributed by atoms with E-state index in [4.69, 9.17) is 4.42 Å². The van der Waals surface area contributed by atoms with E-state index in [-0.39, 0.29) is 0 Å². The lowest BCUT2D eigenvalue weighted by Crippen LogP contribution is -2.10. The third kappa shape index (κ3) is 14.3. The summed E-state index contributed by atoms with van der Waals surface area (Å²) in [7, 11) is 0. The van der Waals surface area contributed by atoms with Crippen LogP contribution in [0.4, 0.5) is 34.1 Å². The van der Waals surface area contributed by atoms with Gasteiger partial charge in [0, 0.05) is 93.2 Å². The summed E-state index contributed by atoms with van der Waals surface area (Å²) >= 11 is 1.86. The molecule has 29 aromatic rings. The molecule has 0 saturated heterocycles. The van der Waals surface area contributed by atoms with Crippen molar-refractivity contribution < 1.29 is 4.42 Å². The molecular formula is C138H88N4OS. The van der Waals surface area contributed by atoms with Gasteiger partial charge in [0.15, 0.2) is 0 Å². The smallest absolute Gasteiger partial charge is 0.143 e. The van der Waals surface area contributed by atoms with Crippen molar-refractivity contribution in [3.8, 4) is 89.3 Å². The van der Waals surface area contributed by atoms with Crippen LogP contribution in [0, 0.1) is 0 Å². The van der Waals surface area contributed by atoms with E-state index < -0.39 is 0 Å². The van der Waals surface area contributed by atoms with Gasteiger partial charge in [0.25, 0.3) is 0 Å². The number of hydrogen-bond donors (Lipinski definition) is 0. The maximum absolute atomic E-state index is 6.43. The van der Waals surface area contributed by atoms with Gasteiger partial charge < -0.3 is 23.4 Å². The number of para-hydroxylation sites is 4. The molecule has 672 valence electrons. The number of hydrogen-bond acceptors (Lipinski definition) is 4. The van der Waals surface area contributed by atoms with Gasteiger partial charge in [-0.15, -0.1) is 11.3 Å². The highest BCUT2D eigenvalue weighted by atomic mass is 32.1. The van der Waals surface area contributed by atoms with Gasteiger partial charge in [0.05, 0.1) is 32.5 Å². The van der Waals surface area contributed by atoms with E-state index in [0.29, 0.717) is 0 Å². The topological polar surface area (TPSA) is 29.5 Å². The van der Waals surface area contributed by atoms with Gasteiger partial charge in [-0.05, 0) is 295 Å². The molecule has 144 heavy (non-hydrogen) atoms. The Balaban J connectivity index is 0.000000141. The molecule has 0 saturated carbocycles. The Kier molecular flexibility index (Phi) is 20.1. The fourth-order valence-electron chi connectivity index (χ4n) is 22.7. The molecule has 0 radical (unpaired) electrons. The summed E-state index contributed by atoms with van der Waals surface area (Å²) in [6.07, 6.45) is 0. The molecule has 29 rings (SSSR count). The fourth-order valence-corrected chi connectivity index (χ4v) is 23.9. The van der Waals surface area contributed by atoms with Crippen molar-refractivity contribution in [2.45, 2.75) is 0 Å². The molecular weight excluding hydrogens is 1760 g/mol. The molecule has 0 N–H and O–H groups in total.